The van der Waals surface area contributed by atoms with Gasteiger partial charge in [-0.3, -0.25) is 4.79 Å². The van der Waals surface area contributed by atoms with Gasteiger partial charge in [-0.05, 0) is 63.6 Å². The molecule has 2 rings (SSSR count). The predicted molar refractivity (Wildman–Crippen MR) is 83.4 cm³/mol. The van der Waals surface area contributed by atoms with Gasteiger partial charge in [0.2, 0.25) is 0 Å². The number of benzene rings is 1. The maximum absolute atomic E-state index is 12.5. The second-order valence-corrected chi connectivity index (χ2v) is 8.65. The van der Waals surface area contributed by atoms with Crippen molar-refractivity contribution < 1.29 is 13.2 Å². The number of carbonyl (C=O) groups excluding carboxylic acids is 1. The van der Waals surface area contributed by atoms with Gasteiger partial charge in [-0.15, -0.1) is 0 Å². The molecule has 1 amide bonds. The lowest BCUT2D eigenvalue weighted by Crippen LogP contribution is -2.51. The third-order valence-corrected chi connectivity index (χ3v) is 5.82. The fourth-order valence-electron chi connectivity index (χ4n) is 3.06. The summed E-state index contributed by atoms with van der Waals surface area (Å²) in [4.78, 5) is 12.6. The smallest absolute Gasteiger partial charge is 0.261 e. The molecule has 0 bridgehead atoms. The van der Waals surface area contributed by atoms with Crippen LogP contribution in [0.15, 0.2) is 11.0 Å². The molecule has 0 unspecified atom stereocenters. The standard InChI is InChI=1S/C15H20ClNO3S/c1-9-8-10(2)13(21(16,19)20)11(3)12(9)14(18)17-15(4)6-5-7-15/h8H,5-7H2,1-4H3,(H,17,18). The molecule has 0 aromatic heterocycles. The topological polar surface area (TPSA) is 63.2 Å². The van der Waals surface area contributed by atoms with Crippen molar-refractivity contribution >= 4 is 25.6 Å². The number of aryl methyl sites for hydroxylation is 2. The molecule has 1 N–H and O–H groups in total. The van der Waals surface area contributed by atoms with Gasteiger partial charge in [0.15, 0.2) is 0 Å². The van der Waals surface area contributed by atoms with Gasteiger partial charge >= 0.3 is 0 Å². The highest BCUT2D eigenvalue weighted by Crippen LogP contribution is 2.33. The largest absolute Gasteiger partial charge is 0.347 e. The lowest BCUT2D eigenvalue weighted by molar-refractivity contribution is 0.0849. The number of hydrogen-bond donors (Lipinski definition) is 1. The average Bonchev–Trinajstić information content (AvgIpc) is 2.23. The SMILES string of the molecule is Cc1cc(C)c(S(=O)(=O)Cl)c(C)c1C(=O)NC1(C)CCC1. The van der Waals surface area contributed by atoms with E-state index in [1.54, 1.807) is 19.9 Å². The molecular formula is C15H20ClNO3S. The van der Waals surface area contributed by atoms with Gasteiger partial charge in [0.25, 0.3) is 15.0 Å². The number of carbonyl (C=O) groups is 1. The number of amides is 1. The molecule has 1 aliphatic carbocycles. The Morgan fingerprint density at radius 2 is 1.81 bits per heavy atom. The molecule has 1 aromatic carbocycles. The zero-order chi connectivity index (χ0) is 16.0. The minimum absolute atomic E-state index is 0.0404. The van der Waals surface area contributed by atoms with E-state index in [4.69, 9.17) is 10.7 Å². The van der Waals surface area contributed by atoms with Gasteiger partial charge in [0.1, 0.15) is 0 Å². The van der Waals surface area contributed by atoms with Crippen LogP contribution in [0, 0.1) is 20.8 Å². The Morgan fingerprint density at radius 1 is 1.24 bits per heavy atom. The first-order valence-electron chi connectivity index (χ1n) is 6.93. The zero-order valence-corrected chi connectivity index (χ0v) is 14.3. The summed E-state index contributed by atoms with van der Waals surface area (Å²) in [5.74, 6) is -0.228. The molecule has 1 aliphatic rings. The summed E-state index contributed by atoms with van der Waals surface area (Å²) < 4.78 is 23.5. The van der Waals surface area contributed by atoms with Crippen LogP contribution in [0.5, 0.6) is 0 Å². The van der Waals surface area contributed by atoms with Crippen LogP contribution in [0.3, 0.4) is 0 Å². The third kappa shape index (κ3) is 3.09. The van der Waals surface area contributed by atoms with Crippen molar-refractivity contribution in [2.75, 3.05) is 0 Å². The maximum atomic E-state index is 12.5. The minimum Gasteiger partial charge on any atom is -0.347 e. The van der Waals surface area contributed by atoms with Crippen LogP contribution in [0.4, 0.5) is 0 Å². The first kappa shape index (κ1) is 16.3. The van der Waals surface area contributed by atoms with E-state index in [1.165, 1.54) is 0 Å². The molecule has 0 aliphatic heterocycles. The number of hydrogen-bond acceptors (Lipinski definition) is 3. The molecule has 116 valence electrons. The summed E-state index contributed by atoms with van der Waals surface area (Å²) in [5, 5.41) is 3.01. The molecule has 0 radical (unpaired) electrons. The molecule has 6 heteroatoms. The molecule has 0 atom stereocenters. The van der Waals surface area contributed by atoms with E-state index in [1.807, 2.05) is 13.8 Å². The Kier molecular flexibility index (Phi) is 4.10. The molecule has 0 spiro atoms. The van der Waals surface area contributed by atoms with E-state index in [0.29, 0.717) is 16.7 Å². The fraction of sp³-hybridized carbons (Fsp3) is 0.533. The van der Waals surface area contributed by atoms with Gasteiger partial charge in [0, 0.05) is 21.8 Å². The highest BCUT2D eigenvalue weighted by Gasteiger charge is 2.34. The van der Waals surface area contributed by atoms with Crippen molar-refractivity contribution in [2.24, 2.45) is 0 Å². The lowest BCUT2D eigenvalue weighted by atomic mass is 9.78. The van der Waals surface area contributed by atoms with Crippen LogP contribution in [0.2, 0.25) is 0 Å². The van der Waals surface area contributed by atoms with Crippen molar-refractivity contribution in [1.29, 1.82) is 0 Å². The second kappa shape index (κ2) is 5.29. The fourth-order valence-corrected chi connectivity index (χ4v) is 4.68. The minimum atomic E-state index is -3.88. The molecule has 0 saturated heterocycles. The van der Waals surface area contributed by atoms with Crippen LogP contribution in [0.1, 0.15) is 53.2 Å². The predicted octanol–water partition coefficient (Wildman–Crippen LogP) is 3.21. The maximum Gasteiger partial charge on any atom is 0.261 e. The highest BCUT2D eigenvalue weighted by atomic mass is 35.7. The number of halogens is 1. The average molecular weight is 330 g/mol. The third-order valence-electron chi connectivity index (χ3n) is 4.24. The van der Waals surface area contributed by atoms with Crippen molar-refractivity contribution in [2.45, 2.75) is 57.4 Å². The second-order valence-electron chi connectivity index (χ2n) is 6.15. The summed E-state index contributed by atoms with van der Waals surface area (Å²) in [5.41, 5.74) is 1.97. The summed E-state index contributed by atoms with van der Waals surface area (Å²) >= 11 is 0. The molecule has 0 heterocycles. The van der Waals surface area contributed by atoms with Gasteiger partial charge in [0.05, 0.1) is 4.90 Å². The summed E-state index contributed by atoms with van der Waals surface area (Å²) in [6, 6.07) is 1.69. The van der Waals surface area contributed by atoms with Crippen LogP contribution < -0.4 is 5.32 Å². The van der Waals surface area contributed by atoms with Gasteiger partial charge < -0.3 is 5.32 Å². The Labute approximate surface area is 130 Å². The molecular weight excluding hydrogens is 310 g/mol. The van der Waals surface area contributed by atoms with Crippen LogP contribution >= 0.6 is 10.7 Å². The first-order valence-corrected chi connectivity index (χ1v) is 9.24. The van der Waals surface area contributed by atoms with Gasteiger partial charge in [-0.2, -0.15) is 0 Å². The van der Waals surface area contributed by atoms with E-state index < -0.39 is 9.05 Å². The van der Waals surface area contributed by atoms with Crippen molar-refractivity contribution in [3.8, 4) is 0 Å². The van der Waals surface area contributed by atoms with Crippen LogP contribution in [-0.2, 0) is 9.05 Å². The van der Waals surface area contributed by atoms with Crippen molar-refractivity contribution in [3.05, 3.63) is 28.3 Å². The molecule has 1 fully saturated rings. The quantitative estimate of drug-likeness (QED) is 0.866. The Hall–Kier alpha value is -1.07. The summed E-state index contributed by atoms with van der Waals surface area (Å²) in [7, 11) is 1.63. The van der Waals surface area contributed by atoms with E-state index >= 15 is 0 Å². The van der Waals surface area contributed by atoms with E-state index in [-0.39, 0.29) is 16.3 Å². The van der Waals surface area contributed by atoms with Crippen molar-refractivity contribution in [3.63, 3.8) is 0 Å². The number of nitrogens with one attached hydrogen (secondary N) is 1. The molecule has 1 aromatic rings. The van der Waals surface area contributed by atoms with Crippen LogP contribution in [0.25, 0.3) is 0 Å². The number of rotatable bonds is 3. The van der Waals surface area contributed by atoms with Gasteiger partial charge in [-0.25, -0.2) is 8.42 Å². The van der Waals surface area contributed by atoms with Crippen LogP contribution in [-0.4, -0.2) is 19.9 Å². The Bertz CT molecular complexity index is 706. The van der Waals surface area contributed by atoms with E-state index in [2.05, 4.69) is 5.32 Å². The molecule has 21 heavy (non-hydrogen) atoms. The van der Waals surface area contributed by atoms with E-state index in [9.17, 15) is 13.2 Å². The summed E-state index contributed by atoms with van der Waals surface area (Å²) in [6.07, 6.45) is 3.00. The first-order chi connectivity index (χ1) is 9.55. The zero-order valence-electron chi connectivity index (χ0n) is 12.7. The highest BCUT2D eigenvalue weighted by molar-refractivity contribution is 8.13. The lowest BCUT2D eigenvalue weighted by Gasteiger charge is -2.39. The summed E-state index contributed by atoms with van der Waals surface area (Å²) in [6.45, 7) is 7.13. The Morgan fingerprint density at radius 3 is 2.24 bits per heavy atom. The van der Waals surface area contributed by atoms with Crippen molar-refractivity contribution in [1.82, 2.24) is 5.32 Å². The molecule has 4 nitrogen and oxygen atoms in total. The van der Waals surface area contributed by atoms with Gasteiger partial charge in [-0.1, -0.05) is 6.07 Å². The van der Waals surface area contributed by atoms with E-state index in [0.717, 1.165) is 24.8 Å². The normalized spacial score (nSPS) is 17.2. The molecule has 1 saturated carbocycles. The Balaban J connectivity index is 2.51. The monoisotopic (exact) mass is 329 g/mol.